The number of aromatic nitrogens is 1. The molecule has 0 aliphatic carbocycles. The van der Waals surface area contributed by atoms with Crippen molar-refractivity contribution in [2.45, 2.75) is 11.3 Å². The zero-order chi connectivity index (χ0) is 24.7. The van der Waals surface area contributed by atoms with E-state index in [4.69, 9.17) is 9.47 Å². The fourth-order valence-electron chi connectivity index (χ4n) is 4.24. The van der Waals surface area contributed by atoms with Crippen LogP contribution in [0.3, 0.4) is 0 Å². The standard InChI is InChI=1S/C25H23N3O5S2/c1-27-22-20(32-2)12-13-21(33-3)23(22)34-25(27)26-24(29)17-8-10-18(11-9-17)35(30,31)28-15-14-16-6-4-5-7-19(16)28/h4-13H,14-15H2,1-3H3. The van der Waals surface area contributed by atoms with Crippen LogP contribution in [0.2, 0.25) is 0 Å². The Morgan fingerprint density at radius 1 is 0.971 bits per heavy atom. The molecule has 0 spiro atoms. The van der Waals surface area contributed by atoms with Crippen LogP contribution in [-0.4, -0.2) is 39.7 Å². The van der Waals surface area contributed by atoms with E-state index in [0.717, 1.165) is 15.8 Å². The number of nitrogens with zero attached hydrogens (tertiary/aromatic N) is 3. The highest BCUT2D eigenvalue weighted by Gasteiger charge is 2.30. The summed E-state index contributed by atoms with van der Waals surface area (Å²) < 4.78 is 41.4. The molecule has 2 heterocycles. The molecule has 0 saturated carbocycles. The first-order valence-corrected chi connectivity index (χ1v) is 13.1. The number of hydrogen-bond donors (Lipinski definition) is 0. The van der Waals surface area contributed by atoms with Crippen molar-refractivity contribution in [2.75, 3.05) is 25.1 Å². The number of sulfonamides is 1. The lowest BCUT2D eigenvalue weighted by Crippen LogP contribution is -2.29. The minimum Gasteiger partial charge on any atom is -0.495 e. The van der Waals surface area contributed by atoms with E-state index in [1.54, 1.807) is 38.0 Å². The highest BCUT2D eigenvalue weighted by molar-refractivity contribution is 7.92. The zero-order valence-corrected chi connectivity index (χ0v) is 21.0. The molecule has 0 bridgehead atoms. The lowest BCUT2D eigenvalue weighted by atomic mass is 10.2. The summed E-state index contributed by atoms with van der Waals surface area (Å²) in [5.41, 5.74) is 2.77. The number of carbonyl (C=O) groups is 1. The molecule has 1 aliphatic rings. The Labute approximate surface area is 206 Å². The summed E-state index contributed by atoms with van der Waals surface area (Å²) in [6, 6.07) is 17.0. The van der Waals surface area contributed by atoms with E-state index in [9.17, 15) is 13.2 Å². The van der Waals surface area contributed by atoms with Crippen molar-refractivity contribution in [1.29, 1.82) is 0 Å². The highest BCUT2D eigenvalue weighted by Crippen LogP contribution is 2.35. The molecular formula is C25H23N3O5S2. The molecule has 0 saturated heterocycles. The van der Waals surface area contributed by atoms with Crippen LogP contribution in [0.4, 0.5) is 5.69 Å². The number of anilines is 1. The van der Waals surface area contributed by atoms with Crippen LogP contribution in [0.5, 0.6) is 11.5 Å². The molecule has 10 heteroatoms. The van der Waals surface area contributed by atoms with Crippen molar-refractivity contribution in [3.8, 4) is 11.5 Å². The van der Waals surface area contributed by atoms with Gasteiger partial charge in [0.25, 0.3) is 15.9 Å². The van der Waals surface area contributed by atoms with Gasteiger partial charge >= 0.3 is 0 Å². The molecule has 0 radical (unpaired) electrons. The minimum atomic E-state index is -3.73. The van der Waals surface area contributed by atoms with E-state index in [1.807, 2.05) is 24.3 Å². The average molecular weight is 510 g/mol. The topological polar surface area (TPSA) is 90.2 Å². The number of benzene rings is 3. The van der Waals surface area contributed by atoms with Crippen LogP contribution >= 0.6 is 11.3 Å². The van der Waals surface area contributed by atoms with Gasteiger partial charge in [-0.1, -0.05) is 29.5 Å². The normalized spacial score (nSPS) is 13.8. The van der Waals surface area contributed by atoms with Gasteiger partial charge in [-0.3, -0.25) is 9.10 Å². The van der Waals surface area contributed by atoms with E-state index in [0.29, 0.717) is 40.5 Å². The molecule has 0 unspecified atom stereocenters. The third kappa shape index (κ3) is 3.88. The number of methoxy groups -OCH3 is 2. The Hall–Kier alpha value is -3.63. The van der Waals surface area contributed by atoms with Gasteiger partial charge in [-0.2, -0.15) is 4.99 Å². The highest BCUT2D eigenvalue weighted by atomic mass is 32.2. The van der Waals surface area contributed by atoms with Crippen LogP contribution in [0.25, 0.3) is 10.2 Å². The molecule has 180 valence electrons. The first-order chi connectivity index (χ1) is 16.8. The lowest BCUT2D eigenvalue weighted by molar-refractivity contribution is 0.0998. The SMILES string of the molecule is COc1ccc(OC)c2c1sc(=NC(=O)c1ccc(S(=O)(=O)N3CCc4ccccc43)cc1)n2C. The Bertz CT molecular complexity index is 1620. The largest absolute Gasteiger partial charge is 0.495 e. The fourth-order valence-corrected chi connectivity index (χ4v) is 6.86. The molecule has 3 aromatic carbocycles. The zero-order valence-electron chi connectivity index (χ0n) is 19.4. The Balaban J connectivity index is 1.47. The first-order valence-electron chi connectivity index (χ1n) is 10.9. The molecule has 1 amide bonds. The average Bonchev–Trinajstić information content (AvgIpc) is 3.46. The number of thiazole rings is 1. The second-order valence-corrected chi connectivity index (χ2v) is 10.8. The summed E-state index contributed by atoms with van der Waals surface area (Å²) in [6.45, 7) is 0.396. The van der Waals surface area contributed by atoms with E-state index in [-0.39, 0.29) is 4.90 Å². The Morgan fingerprint density at radius 2 is 1.66 bits per heavy atom. The number of aryl methyl sites for hydroxylation is 1. The van der Waals surface area contributed by atoms with Gasteiger partial charge in [-0.15, -0.1) is 0 Å². The summed E-state index contributed by atoms with van der Waals surface area (Å²) in [4.78, 5) is 17.8. The van der Waals surface area contributed by atoms with E-state index in [2.05, 4.69) is 4.99 Å². The van der Waals surface area contributed by atoms with Gasteiger partial charge in [0.1, 0.15) is 21.7 Å². The van der Waals surface area contributed by atoms with Gasteiger partial charge < -0.3 is 14.0 Å². The van der Waals surface area contributed by atoms with Crippen molar-refractivity contribution in [1.82, 2.24) is 4.57 Å². The molecule has 0 atom stereocenters. The smallest absolute Gasteiger partial charge is 0.279 e. The maximum atomic E-state index is 13.2. The van der Waals surface area contributed by atoms with Gasteiger partial charge in [0.2, 0.25) is 0 Å². The summed E-state index contributed by atoms with van der Waals surface area (Å²) in [7, 11) is 1.23. The number of amides is 1. The molecule has 35 heavy (non-hydrogen) atoms. The second-order valence-electron chi connectivity index (χ2n) is 7.99. The molecule has 5 rings (SSSR count). The molecular weight excluding hydrogens is 486 g/mol. The number of carbonyl (C=O) groups excluding carboxylic acids is 1. The minimum absolute atomic E-state index is 0.132. The maximum Gasteiger partial charge on any atom is 0.279 e. The van der Waals surface area contributed by atoms with Crippen LogP contribution in [0.1, 0.15) is 15.9 Å². The van der Waals surface area contributed by atoms with Crippen molar-refractivity contribution in [3.05, 3.63) is 76.6 Å². The van der Waals surface area contributed by atoms with Gasteiger partial charge in [0.15, 0.2) is 4.80 Å². The van der Waals surface area contributed by atoms with E-state index >= 15 is 0 Å². The fraction of sp³-hybridized carbons (Fsp3) is 0.200. The quantitative estimate of drug-likeness (QED) is 0.409. The molecule has 4 aromatic rings. The number of para-hydroxylation sites is 1. The third-order valence-electron chi connectivity index (χ3n) is 6.04. The third-order valence-corrected chi connectivity index (χ3v) is 9.02. The Kier molecular flexibility index (Phi) is 5.86. The number of hydrogen-bond acceptors (Lipinski definition) is 6. The van der Waals surface area contributed by atoms with Gasteiger partial charge in [-0.05, 0) is 54.4 Å². The summed E-state index contributed by atoms with van der Waals surface area (Å²) in [6.07, 6.45) is 0.673. The summed E-state index contributed by atoms with van der Waals surface area (Å²) in [5.74, 6) is 0.834. The number of fused-ring (bicyclic) bond motifs is 2. The number of ether oxygens (including phenoxy) is 2. The first kappa shape index (κ1) is 23.1. The van der Waals surface area contributed by atoms with Crippen molar-refractivity contribution >= 4 is 43.2 Å². The molecule has 1 aromatic heterocycles. The molecule has 0 fully saturated rings. The van der Waals surface area contributed by atoms with E-state index < -0.39 is 15.9 Å². The lowest BCUT2D eigenvalue weighted by Gasteiger charge is -2.19. The van der Waals surface area contributed by atoms with Gasteiger partial charge in [0.05, 0.1) is 24.8 Å². The van der Waals surface area contributed by atoms with E-state index in [1.165, 1.54) is 39.9 Å². The molecule has 1 aliphatic heterocycles. The van der Waals surface area contributed by atoms with Crippen molar-refractivity contribution in [3.63, 3.8) is 0 Å². The van der Waals surface area contributed by atoms with Gasteiger partial charge in [0, 0.05) is 19.2 Å². The second kappa shape index (κ2) is 8.86. The van der Waals surface area contributed by atoms with Gasteiger partial charge in [-0.25, -0.2) is 8.42 Å². The monoisotopic (exact) mass is 509 g/mol. The number of rotatable bonds is 5. The summed E-state index contributed by atoms with van der Waals surface area (Å²) >= 11 is 1.31. The van der Waals surface area contributed by atoms with Crippen molar-refractivity contribution < 1.29 is 22.7 Å². The Morgan fingerprint density at radius 3 is 2.37 bits per heavy atom. The summed E-state index contributed by atoms with van der Waals surface area (Å²) in [5, 5.41) is 0. The van der Waals surface area contributed by atoms with Crippen molar-refractivity contribution in [2.24, 2.45) is 12.0 Å². The predicted molar refractivity (Wildman–Crippen MR) is 135 cm³/mol. The van der Waals surface area contributed by atoms with Crippen LogP contribution < -0.4 is 18.6 Å². The predicted octanol–water partition coefficient (Wildman–Crippen LogP) is 3.75. The van der Waals surface area contributed by atoms with Crippen LogP contribution in [0, 0.1) is 0 Å². The maximum absolute atomic E-state index is 13.2. The molecule has 8 nitrogen and oxygen atoms in total. The van der Waals surface area contributed by atoms with Crippen LogP contribution in [0.15, 0.2) is 70.6 Å². The molecule has 0 N–H and O–H groups in total. The van der Waals surface area contributed by atoms with Crippen LogP contribution in [-0.2, 0) is 23.5 Å².